The van der Waals surface area contributed by atoms with Crippen molar-refractivity contribution in [3.05, 3.63) is 27.0 Å². The number of hydrogen-bond acceptors (Lipinski definition) is 4. The monoisotopic (exact) mass is 289 g/mol. The topological polar surface area (TPSA) is 33.1 Å². The quantitative estimate of drug-likeness (QED) is 0.942. The van der Waals surface area contributed by atoms with E-state index in [1.54, 1.807) is 22.7 Å². The summed E-state index contributed by atoms with van der Waals surface area (Å²) in [6.45, 7) is 0.164. The SMILES string of the molecule is OCCc1csc(-c2ccc(Br)s2)n1. The summed E-state index contributed by atoms with van der Waals surface area (Å²) in [5.74, 6) is 0. The molecule has 0 fully saturated rings. The normalized spacial score (nSPS) is 10.7. The maximum absolute atomic E-state index is 8.76. The smallest absolute Gasteiger partial charge is 0.133 e. The van der Waals surface area contributed by atoms with Gasteiger partial charge in [0.15, 0.2) is 0 Å². The molecule has 2 aromatic heterocycles. The summed E-state index contributed by atoms with van der Waals surface area (Å²) in [6, 6.07) is 4.07. The van der Waals surface area contributed by atoms with Crippen molar-refractivity contribution in [3.8, 4) is 9.88 Å². The maximum Gasteiger partial charge on any atom is 0.133 e. The molecule has 2 aromatic rings. The molecule has 0 aliphatic rings. The number of aliphatic hydroxyl groups excluding tert-OH is 1. The summed E-state index contributed by atoms with van der Waals surface area (Å²) >= 11 is 6.72. The summed E-state index contributed by atoms with van der Waals surface area (Å²) in [7, 11) is 0. The van der Waals surface area contributed by atoms with Crippen molar-refractivity contribution in [2.45, 2.75) is 6.42 Å². The third-order valence-electron chi connectivity index (χ3n) is 1.70. The first-order valence-electron chi connectivity index (χ1n) is 4.10. The molecule has 0 atom stereocenters. The summed E-state index contributed by atoms with van der Waals surface area (Å²) in [5, 5.41) is 11.8. The highest BCUT2D eigenvalue weighted by atomic mass is 79.9. The lowest BCUT2D eigenvalue weighted by molar-refractivity contribution is 0.298. The molecule has 0 spiro atoms. The lowest BCUT2D eigenvalue weighted by Crippen LogP contribution is -1.89. The van der Waals surface area contributed by atoms with Crippen molar-refractivity contribution in [2.24, 2.45) is 0 Å². The number of thiophene rings is 1. The van der Waals surface area contributed by atoms with Crippen LogP contribution < -0.4 is 0 Å². The van der Waals surface area contributed by atoms with Crippen LogP contribution in [0.4, 0.5) is 0 Å². The molecule has 2 nitrogen and oxygen atoms in total. The van der Waals surface area contributed by atoms with Crippen molar-refractivity contribution < 1.29 is 5.11 Å². The van der Waals surface area contributed by atoms with E-state index in [9.17, 15) is 0 Å². The van der Waals surface area contributed by atoms with Crippen LogP contribution in [0.3, 0.4) is 0 Å². The van der Waals surface area contributed by atoms with Crippen LogP contribution in [0.2, 0.25) is 0 Å². The Kier molecular flexibility index (Phi) is 3.33. The second-order valence-electron chi connectivity index (χ2n) is 2.72. The van der Waals surface area contributed by atoms with E-state index in [-0.39, 0.29) is 6.61 Å². The van der Waals surface area contributed by atoms with E-state index < -0.39 is 0 Å². The van der Waals surface area contributed by atoms with Gasteiger partial charge in [-0.2, -0.15) is 0 Å². The molecule has 2 heterocycles. The van der Waals surface area contributed by atoms with Gasteiger partial charge in [0, 0.05) is 18.4 Å². The van der Waals surface area contributed by atoms with Crippen LogP contribution in [-0.4, -0.2) is 16.7 Å². The third-order valence-corrected chi connectivity index (χ3v) is 4.39. The number of aromatic nitrogens is 1. The van der Waals surface area contributed by atoms with E-state index in [1.165, 1.54) is 4.88 Å². The van der Waals surface area contributed by atoms with Crippen LogP contribution in [-0.2, 0) is 6.42 Å². The average Bonchev–Trinajstić information content (AvgIpc) is 2.74. The fourth-order valence-electron chi connectivity index (χ4n) is 1.08. The maximum atomic E-state index is 8.76. The molecule has 0 saturated heterocycles. The van der Waals surface area contributed by atoms with Crippen LogP contribution >= 0.6 is 38.6 Å². The third kappa shape index (κ3) is 2.23. The van der Waals surface area contributed by atoms with Crippen molar-refractivity contribution in [1.82, 2.24) is 4.98 Å². The minimum absolute atomic E-state index is 0.164. The Balaban J connectivity index is 2.24. The predicted octanol–water partition coefficient (Wildman–Crippen LogP) is 3.17. The first-order valence-corrected chi connectivity index (χ1v) is 6.59. The molecule has 0 bridgehead atoms. The standard InChI is InChI=1S/C9H8BrNOS2/c10-8-2-1-7(14-8)9-11-6(3-4-12)5-13-9/h1-2,5,12H,3-4H2. The van der Waals surface area contributed by atoms with Crippen molar-refractivity contribution in [1.29, 1.82) is 0 Å². The van der Waals surface area contributed by atoms with Crippen LogP contribution in [0.25, 0.3) is 9.88 Å². The Morgan fingerprint density at radius 2 is 2.29 bits per heavy atom. The minimum atomic E-state index is 0.164. The van der Waals surface area contributed by atoms with Crippen LogP contribution in [0.5, 0.6) is 0 Å². The van der Waals surface area contributed by atoms with E-state index in [0.717, 1.165) is 14.5 Å². The molecule has 0 aliphatic carbocycles. The fourth-order valence-corrected chi connectivity index (χ4v) is 3.39. The Morgan fingerprint density at radius 1 is 1.43 bits per heavy atom. The Hall–Kier alpha value is -0.230. The molecule has 14 heavy (non-hydrogen) atoms. The fraction of sp³-hybridized carbons (Fsp3) is 0.222. The van der Waals surface area contributed by atoms with Gasteiger partial charge in [-0.25, -0.2) is 4.98 Å². The van der Waals surface area contributed by atoms with Crippen molar-refractivity contribution in [2.75, 3.05) is 6.61 Å². The molecule has 0 radical (unpaired) electrons. The Bertz CT molecular complexity index is 424. The summed E-state index contributed by atoms with van der Waals surface area (Å²) in [4.78, 5) is 5.60. The first kappa shape index (κ1) is 10.3. The number of hydrogen-bond donors (Lipinski definition) is 1. The molecule has 0 amide bonds. The first-order chi connectivity index (χ1) is 6.79. The molecular weight excluding hydrogens is 282 g/mol. The Morgan fingerprint density at radius 3 is 2.93 bits per heavy atom. The van der Waals surface area contributed by atoms with Gasteiger partial charge >= 0.3 is 0 Å². The van der Waals surface area contributed by atoms with Gasteiger partial charge in [0.2, 0.25) is 0 Å². The lowest BCUT2D eigenvalue weighted by atomic mass is 10.4. The molecule has 1 N–H and O–H groups in total. The van der Waals surface area contributed by atoms with Gasteiger partial charge in [0.05, 0.1) is 14.4 Å². The van der Waals surface area contributed by atoms with E-state index >= 15 is 0 Å². The van der Waals surface area contributed by atoms with Crippen LogP contribution in [0.15, 0.2) is 21.3 Å². The zero-order chi connectivity index (χ0) is 9.97. The number of aliphatic hydroxyl groups is 1. The van der Waals surface area contributed by atoms with Crippen LogP contribution in [0.1, 0.15) is 5.69 Å². The predicted molar refractivity (Wildman–Crippen MR) is 63.9 cm³/mol. The summed E-state index contributed by atoms with van der Waals surface area (Å²) < 4.78 is 1.12. The van der Waals surface area contributed by atoms with E-state index in [0.29, 0.717) is 6.42 Å². The second kappa shape index (κ2) is 4.53. The van der Waals surface area contributed by atoms with Gasteiger partial charge in [-0.15, -0.1) is 22.7 Å². The zero-order valence-corrected chi connectivity index (χ0v) is 10.5. The zero-order valence-electron chi connectivity index (χ0n) is 7.24. The van der Waals surface area contributed by atoms with Gasteiger partial charge in [-0.05, 0) is 28.1 Å². The number of halogens is 1. The molecule has 2 rings (SSSR count). The highest BCUT2D eigenvalue weighted by molar-refractivity contribution is 9.11. The molecule has 0 aliphatic heterocycles. The highest BCUT2D eigenvalue weighted by Gasteiger charge is 2.06. The second-order valence-corrected chi connectivity index (χ2v) is 6.04. The highest BCUT2D eigenvalue weighted by Crippen LogP contribution is 2.33. The van der Waals surface area contributed by atoms with Crippen molar-refractivity contribution >= 4 is 38.6 Å². The average molecular weight is 290 g/mol. The molecule has 0 saturated carbocycles. The lowest BCUT2D eigenvalue weighted by Gasteiger charge is -1.89. The largest absolute Gasteiger partial charge is 0.396 e. The van der Waals surface area contributed by atoms with E-state index in [1.807, 2.05) is 11.4 Å². The van der Waals surface area contributed by atoms with Crippen LogP contribution in [0, 0.1) is 0 Å². The molecule has 0 unspecified atom stereocenters. The van der Waals surface area contributed by atoms with Gasteiger partial charge in [0.25, 0.3) is 0 Å². The molecule has 5 heteroatoms. The summed E-state index contributed by atoms with van der Waals surface area (Å²) in [6.07, 6.45) is 0.642. The summed E-state index contributed by atoms with van der Waals surface area (Å²) in [5.41, 5.74) is 0.969. The van der Waals surface area contributed by atoms with Gasteiger partial charge in [-0.1, -0.05) is 0 Å². The molecular formula is C9H8BrNOS2. The number of rotatable bonds is 3. The van der Waals surface area contributed by atoms with Gasteiger partial charge in [-0.3, -0.25) is 0 Å². The van der Waals surface area contributed by atoms with E-state index in [2.05, 4.69) is 27.0 Å². The van der Waals surface area contributed by atoms with E-state index in [4.69, 9.17) is 5.11 Å². The molecule has 0 aromatic carbocycles. The number of thiazole rings is 1. The Labute approximate surface area is 98.4 Å². The van der Waals surface area contributed by atoms with Crippen molar-refractivity contribution in [3.63, 3.8) is 0 Å². The molecule has 74 valence electrons. The van der Waals surface area contributed by atoms with Gasteiger partial charge in [0.1, 0.15) is 5.01 Å². The minimum Gasteiger partial charge on any atom is -0.396 e. The van der Waals surface area contributed by atoms with Gasteiger partial charge < -0.3 is 5.11 Å². The number of nitrogens with zero attached hydrogens (tertiary/aromatic N) is 1.